The molecule has 25 heavy (non-hydrogen) atoms. The van der Waals surface area contributed by atoms with Gasteiger partial charge in [0.1, 0.15) is 5.82 Å². The minimum atomic E-state index is -0.445. The largest absolute Gasteiger partial charge is 0.351 e. The van der Waals surface area contributed by atoms with Gasteiger partial charge in [-0.2, -0.15) is 0 Å². The zero-order chi connectivity index (χ0) is 18.0. The summed E-state index contributed by atoms with van der Waals surface area (Å²) in [7, 11) is 0. The fraction of sp³-hybridized carbons (Fsp3) is 0.333. The Hall–Kier alpha value is -2.41. The molecule has 1 aliphatic heterocycles. The molecule has 0 unspecified atom stereocenters. The van der Waals surface area contributed by atoms with Gasteiger partial charge in [0.2, 0.25) is 0 Å². The van der Waals surface area contributed by atoms with E-state index < -0.39 is 6.03 Å². The van der Waals surface area contributed by atoms with Gasteiger partial charge in [-0.3, -0.25) is 4.79 Å². The molecule has 0 bridgehead atoms. The van der Waals surface area contributed by atoms with Crippen LogP contribution in [0.25, 0.3) is 10.4 Å². The van der Waals surface area contributed by atoms with E-state index in [2.05, 4.69) is 0 Å². The maximum Gasteiger partial charge on any atom is 0.314 e. The first-order valence-corrected chi connectivity index (χ1v) is 8.97. The number of primary amides is 1. The maximum atomic E-state index is 13.1. The smallest absolute Gasteiger partial charge is 0.314 e. The Bertz CT molecular complexity index is 788. The fourth-order valence-electron chi connectivity index (χ4n) is 2.97. The molecule has 3 amide bonds. The van der Waals surface area contributed by atoms with E-state index >= 15 is 0 Å². The van der Waals surface area contributed by atoms with E-state index in [1.165, 1.54) is 23.5 Å². The van der Waals surface area contributed by atoms with E-state index in [-0.39, 0.29) is 11.7 Å². The molecule has 2 aromatic rings. The van der Waals surface area contributed by atoms with Gasteiger partial charge in [0.15, 0.2) is 0 Å². The summed E-state index contributed by atoms with van der Waals surface area (Å²) in [5.74, 6) is -0.314. The first kappa shape index (κ1) is 17.4. The van der Waals surface area contributed by atoms with Crippen molar-refractivity contribution in [1.29, 1.82) is 0 Å². The van der Waals surface area contributed by atoms with E-state index in [0.29, 0.717) is 37.5 Å². The highest BCUT2D eigenvalue weighted by Gasteiger charge is 2.23. The molecule has 1 aromatic heterocycles. The van der Waals surface area contributed by atoms with Crippen LogP contribution in [0.5, 0.6) is 0 Å². The van der Waals surface area contributed by atoms with Gasteiger partial charge < -0.3 is 15.5 Å². The summed E-state index contributed by atoms with van der Waals surface area (Å²) < 4.78 is 13.1. The summed E-state index contributed by atoms with van der Waals surface area (Å²) in [4.78, 5) is 29.1. The predicted octanol–water partition coefficient (Wildman–Crippen LogP) is 3.09. The molecule has 2 heterocycles. The van der Waals surface area contributed by atoms with Crippen molar-refractivity contribution in [3.63, 3.8) is 0 Å². The second-order valence-corrected chi connectivity index (χ2v) is 7.15. The van der Waals surface area contributed by atoms with Gasteiger partial charge in [0, 0.05) is 31.1 Å². The molecule has 132 valence electrons. The number of halogens is 1. The lowest BCUT2D eigenvalue weighted by molar-refractivity contribution is 0.0767. The highest BCUT2D eigenvalue weighted by Crippen LogP contribution is 2.33. The first-order chi connectivity index (χ1) is 12.0. The average Bonchev–Trinajstić information content (AvgIpc) is 2.82. The molecule has 0 atom stereocenters. The van der Waals surface area contributed by atoms with E-state index in [9.17, 15) is 14.0 Å². The van der Waals surface area contributed by atoms with E-state index in [0.717, 1.165) is 16.0 Å². The van der Waals surface area contributed by atoms with Crippen molar-refractivity contribution >= 4 is 23.3 Å². The van der Waals surface area contributed by atoms with Crippen molar-refractivity contribution in [2.75, 3.05) is 26.2 Å². The Morgan fingerprint density at radius 2 is 1.72 bits per heavy atom. The van der Waals surface area contributed by atoms with Crippen molar-refractivity contribution in [2.24, 2.45) is 5.73 Å². The molecular weight excluding hydrogens is 341 g/mol. The number of hydrogen-bond acceptors (Lipinski definition) is 3. The number of hydrogen-bond donors (Lipinski definition) is 1. The predicted molar refractivity (Wildman–Crippen MR) is 96.1 cm³/mol. The lowest BCUT2D eigenvalue weighted by atomic mass is 10.1. The van der Waals surface area contributed by atoms with Gasteiger partial charge in [-0.15, -0.1) is 11.3 Å². The normalized spacial score (nSPS) is 15.1. The van der Waals surface area contributed by atoms with Crippen LogP contribution in [0.3, 0.4) is 0 Å². The molecule has 5 nitrogen and oxygen atoms in total. The van der Waals surface area contributed by atoms with E-state index in [1.54, 1.807) is 21.9 Å². The van der Waals surface area contributed by atoms with Gasteiger partial charge in [-0.25, -0.2) is 9.18 Å². The number of thiophene rings is 1. The summed E-state index contributed by atoms with van der Waals surface area (Å²) in [5.41, 5.74) is 7.22. The van der Waals surface area contributed by atoms with Crippen LogP contribution in [-0.4, -0.2) is 47.9 Å². The second kappa shape index (κ2) is 7.23. The lowest BCUT2D eigenvalue weighted by Crippen LogP contribution is -2.39. The molecule has 3 rings (SSSR count). The molecule has 0 spiro atoms. The molecule has 2 N–H and O–H groups in total. The van der Waals surface area contributed by atoms with Crippen LogP contribution in [0.2, 0.25) is 0 Å². The molecule has 0 saturated carbocycles. The Balaban J connectivity index is 1.78. The first-order valence-electron chi connectivity index (χ1n) is 8.15. The standard InChI is InChI=1S/C18H20FN3O2S/c1-12-11-15(25-16(12)13-3-5-14(19)6-4-13)17(23)21-7-2-8-22(10-9-21)18(20)24/h3-6,11H,2,7-10H2,1H3,(H2,20,24). The summed E-state index contributed by atoms with van der Waals surface area (Å²) in [6.07, 6.45) is 0.712. The molecular formula is C18H20FN3O2S. The van der Waals surface area contributed by atoms with Crippen LogP contribution < -0.4 is 5.73 Å². The van der Waals surface area contributed by atoms with Crippen LogP contribution in [0, 0.1) is 12.7 Å². The van der Waals surface area contributed by atoms with E-state index in [1.807, 2.05) is 13.0 Å². The second-order valence-electron chi connectivity index (χ2n) is 6.10. The summed E-state index contributed by atoms with van der Waals surface area (Å²) >= 11 is 1.42. The highest BCUT2D eigenvalue weighted by molar-refractivity contribution is 7.17. The molecule has 0 aliphatic carbocycles. The van der Waals surface area contributed by atoms with Gasteiger partial charge in [-0.05, 0) is 42.7 Å². The summed E-state index contributed by atoms with van der Waals surface area (Å²) in [6, 6.07) is 7.72. The third kappa shape index (κ3) is 3.82. The molecule has 1 aliphatic rings. The van der Waals surface area contributed by atoms with Gasteiger partial charge >= 0.3 is 6.03 Å². The summed E-state index contributed by atoms with van der Waals surface area (Å²) in [5, 5.41) is 0. The molecule has 1 fully saturated rings. The number of amides is 3. The Morgan fingerprint density at radius 3 is 2.40 bits per heavy atom. The third-order valence-corrected chi connectivity index (χ3v) is 5.60. The van der Waals surface area contributed by atoms with Crippen LogP contribution in [-0.2, 0) is 0 Å². The van der Waals surface area contributed by atoms with Crippen LogP contribution in [0.15, 0.2) is 30.3 Å². The monoisotopic (exact) mass is 361 g/mol. The molecule has 1 aromatic carbocycles. The van der Waals surface area contributed by atoms with Gasteiger partial charge in [-0.1, -0.05) is 12.1 Å². The van der Waals surface area contributed by atoms with Crippen molar-refractivity contribution in [3.05, 3.63) is 46.6 Å². The van der Waals surface area contributed by atoms with Crippen LogP contribution >= 0.6 is 11.3 Å². The fourth-order valence-corrected chi connectivity index (χ4v) is 4.12. The minimum absolute atomic E-state index is 0.0345. The van der Waals surface area contributed by atoms with Gasteiger partial charge in [0.05, 0.1) is 4.88 Å². The Kier molecular flexibility index (Phi) is 5.03. The van der Waals surface area contributed by atoms with Gasteiger partial charge in [0.25, 0.3) is 5.91 Å². The number of aryl methyl sites for hydroxylation is 1. The molecule has 1 saturated heterocycles. The topological polar surface area (TPSA) is 66.6 Å². The van der Waals surface area contributed by atoms with Crippen molar-refractivity contribution in [2.45, 2.75) is 13.3 Å². The number of rotatable bonds is 2. The van der Waals surface area contributed by atoms with Crippen LogP contribution in [0.4, 0.5) is 9.18 Å². The molecule has 0 radical (unpaired) electrons. The quantitative estimate of drug-likeness (QED) is 0.893. The number of nitrogens with zero attached hydrogens (tertiary/aromatic N) is 2. The minimum Gasteiger partial charge on any atom is -0.351 e. The Morgan fingerprint density at radius 1 is 1.08 bits per heavy atom. The Labute approximate surface area is 149 Å². The number of nitrogens with two attached hydrogens (primary N) is 1. The highest BCUT2D eigenvalue weighted by atomic mass is 32.1. The van der Waals surface area contributed by atoms with Crippen molar-refractivity contribution < 1.29 is 14.0 Å². The van der Waals surface area contributed by atoms with E-state index in [4.69, 9.17) is 5.73 Å². The molecule has 7 heteroatoms. The van der Waals surface area contributed by atoms with Crippen LogP contribution in [0.1, 0.15) is 21.7 Å². The van der Waals surface area contributed by atoms with Crippen molar-refractivity contribution in [1.82, 2.24) is 9.80 Å². The maximum absolute atomic E-state index is 13.1. The SMILES string of the molecule is Cc1cc(C(=O)N2CCCN(C(N)=O)CC2)sc1-c1ccc(F)cc1. The zero-order valence-corrected chi connectivity index (χ0v) is 14.8. The lowest BCUT2D eigenvalue weighted by Gasteiger charge is -2.20. The third-order valence-electron chi connectivity index (χ3n) is 4.33. The summed E-state index contributed by atoms with van der Waals surface area (Å²) in [6.45, 7) is 4.05. The van der Waals surface area contributed by atoms with Crippen molar-refractivity contribution in [3.8, 4) is 10.4 Å². The number of carbonyl (C=O) groups excluding carboxylic acids is 2. The number of carbonyl (C=O) groups is 2. The number of urea groups is 1. The average molecular weight is 361 g/mol. The zero-order valence-electron chi connectivity index (χ0n) is 14.0. The number of benzene rings is 1.